The standard InChI is InChI=1S/C17H18N6O2S/c1-25-15-7-3-2-6-14(15)23-13-20-21-17(23)26-12-16(24)22(10-4-8-18)11-5-9-19/h2-3,6-7,13H,4-5,10-12H2,1H3. The van der Waals surface area contributed by atoms with Crippen molar-refractivity contribution in [1.29, 1.82) is 10.5 Å². The molecule has 134 valence electrons. The van der Waals surface area contributed by atoms with E-state index >= 15 is 0 Å². The number of aromatic nitrogens is 3. The van der Waals surface area contributed by atoms with Gasteiger partial charge in [0.1, 0.15) is 12.1 Å². The highest BCUT2D eigenvalue weighted by Crippen LogP contribution is 2.26. The van der Waals surface area contributed by atoms with Gasteiger partial charge in [0.25, 0.3) is 0 Å². The molecule has 2 aromatic rings. The summed E-state index contributed by atoms with van der Waals surface area (Å²) in [5.41, 5.74) is 0.778. The van der Waals surface area contributed by atoms with Gasteiger partial charge in [-0.05, 0) is 12.1 Å². The van der Waals surface area contributed by atoms with Gasteiger partial charge < -0.3 is 9.64 Å². The van der Waals surface area contributed by atoms with Crippen LogP contribution in [0.25, 0.3) is 5.69 Å². The number of benzene rings is 1. The molecule has 0 atom stereocenters. The molecular formula is C17H18N6O2S. The number of nitrogens with zero attached hydrogens (tertiary/aromatic N) is 6. The number of rotatable bonds is 9. The predicted octanol–water partition coefficient (Wildman–Crippen LogP) is 2.02. The largest absolute Gasteiger partial charge is 0.495 e. The molecule has 0 radical (unpaired) electrons. The van der Waals surface area contributed by atoms with E-state index in [2.05, 4.69) is 10.2 Å². The minimum atomic E-state index is -0.143. The molecule has 0 aliphatic carbocycles. The van der Waals surface area contributed by atoms with Gasteiger partial charge in [0, 0.05) is 13.1 Å². The third-order valence-electron chi connectivity index (χ3n) is 3.53. The van der Waals surface area contributed by atoms with Crippen molar-refractivity contribution in [3.8, 4) is 23.6 Å². The Balaban J connectivity index is 2.08. The van der Waals surface area contributed by atoms with Crippen LogP contribution in [0.5, 0.6) is 5.75 Å². The Kier molecular flexibility index (Phi) is 7.47. The molecule has 9 heteroatoms. The second-order valence-electron chi connectivity index (χ2n) is 5.14. The van der Waals surface area contributed by atoms with Gasteiger partial charge in [-0.15, -0.1) is 10.2 Å². The van der Waals surface area contributed by atoms with Gasteiger partial charge in [-0.25, -0.2) is 0 Å². The molecule has 8 nitrogen and oxygen atoms in total. The summed E-state index contributed by atoms with van der Waals surface area (Å²) in [5.74, 6) is 0.672. The molecule has 0 saturated carbocycles. The fourth-order valence-corrected chi connectivity index (χ4v) is 3.09. The minimum absolute atomic E-state index is 0.143. The van der Waals surface area contributed by atoms with E-state index in [9.17, 15) is 4.79 Å². The van der Waals surface area contributed by atoms with Gasteiger partial charge >= 0.3 is 0 Å². The van der Waals surface area contributed by atoms with Crippen LogP contribution in [0.3, 0.4) is 0 Å². The molecule has 0 saturated heterocycles. The van der Waals surface area contributed by atoms with Crippen molar-refractivity contribution >= 4 is 17.7 Å². The van der Waals surface area contributed by atoms with Gasteiger partial charge in [0.15, 0.2) is 5.16 Å². The first kappa shape index (κ1) is 19.3. The van der Waals surface area contributed by atoms with E-state index in [-0.39, 0.29) is 24.5 Å². The molecule has 0 aliphatic rings. The summed E-state index contributed by atoms with van der Waals surface area (Å²) < 4.78 is 7.11. The third kappa shape index (κ3) is 4.98. The monoisotopic (exact) mass is 370 g/mol. The van der Waals surface area contributed by atoms with Crippen molar-refractivity contribution < 1.29 is 9.53 Å². The van der Waals surface area contributed by atoms with E-state index in [4.69, 9.17) is 15.3 Å². The average Bonchev–Trinajstić information content (AvgIpc) is 3.14. The van der Waals surface area contributed by atoms with Gasteiger partial charge in [-0.2, -0.15) is 10.5 Å². The number of hydrogen-bond acceptors (Lipinski definition) is 7. The fourth-order valence-electron chi connectivity index (χ4n) is 2.27. The SMILES string of the molecule is COc1ccccc1-n1cnnc1SCC(=O)N(CCC#N)CCC#N. The normalized spacial score (nSPS) is 9.96. The van der Waals surface area contributed by atoms with Crippen LogP contribution in [0.4, 0.5) is 0 Å². The summed E-state index contributed by atoms with van der Waals surface area (Å²) in [6.45, 7) is 0.632. The molecule has 0 aliphatic heterocycles. The maximum Gasteiger partial charge on any atom is 0.233 e. The second kappa shape index (κ2) is 10.1. The van der Waals surface area contributed by atoms with Crippen molar-refractivity contribution in [3.05, 3.63) is 30.6 Å². The number of thioether (sulfide) groups is 1. The van der Waals surface area contributed by atoms with Crippen molar-refractivity contribution in [3.63, 3.8) is 0 Å². The lowest BCUT2D eigenvalue weighted by Gasteiger charge is -2.20. The molecule has 1 aromatic carbocycles. The molecule has 1 aromatic heterocycles. The Bertz CT molecular complexity index is 805. The number of nitriles is 2. The first-order chi connectivity index (χ1) is 12.7. The van der Waals surface area contributed by atoms with Crippen LogP contribution in [-0.2, 0) is 4.79 Å². The smallest absolute Gasteiger partial charge is 0.233 e. The van der Waals surface area contributed by atoms with Gasteiger partial charge in [0.05, 0.1) is 43.5 Å². The molecule has 26 heavy (non-hydrogen) atoms. The lowest BCUT2D eigenvalue weighted by Crippen LogP contribution is -2.34. The number of carbonyl (C=O) groups is 1. The molecule has 0 N–H and O–H groups in total. The summed E-state index contributed by atoms with van der Waals surface area (Å²) >= 11 is 1.25. The van der Waals surface area contributed by atoms with Crippen molar-refractivity contribution in [2.24, 2.45) is 0 Å². The molecule has 1 amide bonds. The van der Waals surface area contributed by atoms with Crippen LogP contribution in [0.1, 0.15) is 12.8 Å². The topological polar surface area (TPSA) is 108 Å². The van der Waals surface area contributed by atoms with Crippen molar-refractivity contribution in [2.45, 2.75) is 18.0 Å². The number of hydrogen-bond donors (Lipinski definition) is 0. The van der Waals surface area contributed by atoms with Crippen LogP contribution >= 0.6 is 11.8 Å². The molecule has 0 fully saturated rings. The first-order valence-electron chi connectivity index (χ1n) is 7.89. The van der Waals surface area contributed by atoms with Crippen molar-refractivity contribution in [1.82, 2.24) is 19.7 Å². The lowest BCUT2D eigenvalue weighted by atomic mass is 10.3. The van der Waals surface area contributed by atoms with E-state index in [1.807, 2.05) is 36.4 Å². The van der Waals surface area contributed by atoms with Crippen LogP contribution in [0, 0.1) is 22.7 Å². The van der Waals surface area contributed by atoms with E-state index < -0.39 is 0 Å². The van der Waals surface area contributed by atoms with Crippen LogP contribution in [-0.4, -0.2) is 51.5 Å². The Morgan fingerprint density at radius 3 is 2.62 bits per heavy atom. The van der Waals surface area contributed by atoms with E-state index in [1.165, 1.54) is 16.7 Å². The Morgan fingerprint density at radius 1 is 1.27 bits per heavy atom. The molecule has 0 unspecified atom stereocenters. The molecular weight excluding hydrogens is 352 g/mol. The second-order valence-corrected chi connectivity index (χ2v) is 6.08. The molecule has 1 heterocycles. The van der Waals surface area contributed by atoms with Crippen LogP contribution < -0.4 is 4.74 Å². The maximum absolute atomic E-state index is 12.4. The Labute approximate surface area is 156 Å². The first-order valence-corrected chi connectivity index (χ1v) is 8.87. The Morgan fingerprint density at radius 2 is 1.96 bits per heavy atom. The van der Waals surface area contributed by atoms with E-state index in [0.717, 1.165) is 5.69 Å². The van der Waals surface area contributed by atoms with Crippen molar-refractivity contribution in [2.75, 3.05) is 26.0 Å². The molecule has 0 bridgehead atoms. The number of para-hydroxylation sites is 2. The zero-order chi connectivity index (χ0) is 18.8. The Hall–Kier alpha value is -3.04. The van der Waals surface area contributed by atoms with Crippen LogP contribution in [0.2, 0.25) is 0 Å². The van der Waals surface area contributed by atoms with Gasteiger partial charge in [0.2, 0.25) is 5.91 Å². The summed E-state index contributed by atoms with van der Waals surface area (Å²) in [6.07, 6.45) is 2.03. The summed E-state index contributed by atoms with van der Waals surface area (Å²) in [6, 6.07) is 11.5. The highest BCUT2D eigenvalue weighted by Gasteiger charge is 2.17. The van der Waals surface area contributed by atoms with Gasteiger partial charge in [-0.3, -0.25) is 9.36 Å². The van der Waals surface area contributed by atoms with Gasteiger partial charge in [-0.1, -0.05) is 23.9 Å². The highest BCUT2D eigenvalue weighted by molar-refractivity contribution is 7.99. The summed E-state index contributed by atoms with van der Waals surface area (Å²) in [7, 11) is 1.59. The zero-order valence-corrected chi connectivity index (χ0v) is 15.1. The summed E-state index contributed by atoms with van der Waals surface area (Å²) in [4.78, 5) is 14.0. The quantitative estimate of drug-likeness (QED) is 0.621. The number of ether oxygens (including phenoxy) is 1. The molecule has 0 spiro atoms. The average molecular weight is 370 g/mol. The van der Waals surface area contributed by atoms with Crippen LogP contribution in [0.15, 0.2) is 35.7 Å². The number of amides is 1. The number of carbonyl (C=O) groups excluding carboxylic acids is 1. The predicted molar refractivity (Wildman–Crippen MR) is 95.7 cm³/mol. The third-order valence-corrected chi connectivity index (χ3v) is 4.45. The van der Waals surface area contributed by atoms with E-state index in [0.29, 0.717) is 24.0 Å². The fraction of sp³-hybridized carbons (Fsp3) is 0.353. The molecule has 2 rings (SSSR count). The number of methoxy groups -OCH3 is 1. The minimum Gasteiger partial charge on any atom is -0.495 e. The maximum atomic E-state index is 12.4. The highest BCUT2D eigenvalue weighted by atomic mass is 32.2. The van der Waals surface area contributed by atoms with E-state index in [1.54, 1.807) is 18.0 Å². The lowest BCUT2D eigenvalue weighted by molar-refractivity contribution is -0.128. The summed E-state index contributed by atoms with van der Waals surface area (Å²) in [5, 5.41) is 26.0. The zero-order valence-electron chi connectivity index (χ0n) is 14.3.